The summed E-state index contributed by atoms with van der Waals surface area (Å²) in [6.45, 7) is 3.53. The maximum atomic E-state index is 11.1. The highest BCUT2D eigenvalue weighted by molar-refractivity contribution is 8.01. The predicted octanol–water partition coefficient (Wildman–Crippen LogP) is 2.85. The van der Waals surface area contributed by atoms with Gasteiger partial charge in [0.15, 0.2) is 10.1 Å². The fraction of sp³-hybridized carbons (Fsp3) is 0.273. The standard InChI is InChI=1S/C11H11N3OS2/c1-3-10-13-11(17-14-10)16-8-4-5-9(7(2)15)12-6-8/h4-6H,3H2,1-2H3. The molecule has 4 nitrogen and oxygen atoms in total. The highest BCUT2D eigenvalue weighted by Gasteiger charge is 2.06. The van der Waals surface area contributed by atoms with E-state index in [2.05, 4.69) is 14.3 Å². The van der Waals surface area contributed by atoms with Crippen molar-refractivity contribution in [2.24, 2.45) is 0 Å². The first-order chi connectivity index (χ1) is 8.19. The summed E-state index contributed by atoms with van der Waals surface area (Å²) in [7, 11) is 0. The van der Waals surface area contributed by atoms with Gasteiger partial charge < -0.3 is 0 Å². The molecule has 2 aromatic rings. The topological polar surface area (TPSA) is 55.7 Å². The van der Waals surface area contributed by atoms with Gasteiger partial charge in [-0.2, -0.15) is 4.37 Å². The van der Waals surface area contributed by atoms with E-state index in [1.54, 1.807) is 12.3 Å². The minimum Gasteiger partial charge on any atom is -0.293 e. The first-order valence-corrected chi connectivity index (χ1v) is 6.75. The van der Waals surface area contributed by atoms with Crippen molar-refractivity contribution < 1.29 is 4.79 Å². The average Bonchev–Trinajstić information content (AvgIpc) is 2.77. The number of aryl methyl sites for hydroxylation is 1. The van der Waals surface area contributed by atoms with Gasteiger partial charge in [-0.05, 0) is 23.7 Å². The normalized spacial score (nSPS) is 10.5. The number of nitrogens with zero attached hydrogens (tertiary/aromatic N) is 3. The Kier molecular flexibility index (Phi) is 3.86. The molecule has 2 heterocycles. The summed E-state index contributed by atoms with van der Waals surface area (Å²) in [5, 5.41) is 0. The zero-order valence-corrected chi connectivity index (χ0v) is 11.1. The highest BCUT2D eigenvalue weighted by Crippen LogP contribution is 2.28. The predicted molar refractivity (Wildman–Crippen MR) is 67.7 cm³/mol. The number of rotatable bonds is 4. The fourth-order valence-corrected chi connectivity index (χ4v) is 2.82. The van der Waals surface area contributed by atoms with Crippen molar-refractivity contribution in [2.45, 2.75) is 29.5 Å². The van der Waals surface area contributed by atoms with E-state index >= 15 is 0 Å². The molecule has 0 radical (unpaired) electrons. The van der Waals surface area contributed by atoms with Gasteiger partial charge in [-0.15, -0.1) is 0 Å². The van der Waals surface area contributed by atoms with Crippen LogP contribution in [0.15, 0.2) is 27.6 Å². The molecule has 0 unspecified atom stereocenters. The number of carbonyl (C=O) groups excluding carboxylic acids is 1. The second-order valence-electron chi connectivity index (χ2n) is 3.37. The van der Waals surface area contributed by atoms with Crippen molar-refractivity contribution >= 4 is 29.1 Å². The molecular weight excluding hydrogens is 254 g/mol. The Morgan fingerprint density at radius 3 is 2.82 bits per heavy atom. The Hall–Kier alpha value is -1.27. The van der Waals surface area contributed by atoms with E-state index in [0.29, 0.717) is 5.69 Å². The van der Waals surface area contributed by atoms with Crippen molar-refractivity contribution in [3.63, 3.8) is 0 Å². The van der Waals surface area contributed by atoms with Crippen LogP contribution in [0, 0.1) is 0 Å². The van der Waals surface area contributed by atoms with Crippen LogP contribution in [0.2, 0.25) is 0 Å². The molecule has 0 N–H and O–H groups in total. The van der Waals surface area contributed by atoms with Gasteiger partial charge in [0.2, 0.25) is 0 Å². The lowest BCUT2D eigenvalue weighted by atomic mass is 10.3. The van der Waals surface area contributed by atoms with Crippen LogP contribution in [0.3, 0.4) is 0 Å². The van der Waals surface area contributed by atoms with E-state index in [0.717, 1.165) is 21.5 Å². The molecule has 0 aliphatic rings. The first kappa shape index (κ1) is 12.2. The molecule has 17 heavy (non-hydrogen) atoms. The van der Waals surface area contributed by atoms with E-state index in [9.17, 15) is 4.79 Å². The van der Waals surface area contributed by atoms with Crippen molar-refractivity contribution in [3.8, 4) is 0 Å². The molecule has 6 heteroatoms. The third kappa shape index (κ3) is 3.10. The van der Waals surface area contributed by atoms with Crippen molar-refractivity contribution in [1.82, 2.24) is 14.3 Å². The largest absolute Gasteiger partial charge is 0.293 e. The fourth-order valence-electron chi connectivity index (χ4n) is 1.17. The van der Waals surface area contributed by atoms with Crippen molar-refractivity contribution in [2.75, 3.05) is 0 Å². The molecule has 0 aliphatic carbocycles. The summed E-state index contributed by atoms with van der Waals surface area (Å²) in [6.07, 6.45) is 2.53. The number of ketones is 1. The number of aromatic nitrogens is 3. The number of pyridine rings is 1. The zero-order chi connectivity index (χ0) is 12.3. The maximum absolute atomic E-state index is 11.1. The maximum Gasteiger partial charge on any atom is 0.178 e. The summed E-state index contributed by atoms with van der Waals surface area (Å²) in [5.74, 6) is 0.844. The van der Waals surface area contributed by atoms with Crippen LogP contribution in [-0.2, 0) is 6.42 Å². The van der Waals surface area contributed by atoms with Crippen LogP contribution in [0.4, 0.5) is 0 Å². The van der Waals surface area contributed by atoms with Crippen LogP contribution >= 0.6 is 23.3 Å². The van der Waals surface area contributed by atoms with Gasteiger partial charge >= 0.3 is 0 Å². The molecule has 2 aromatic heterocycles. The molecule has 0 amide bonds. The molecule has 0 saturated carbocycles. The average molecular weight is 265 g/mol. The van der Waals surface area contributed by atoms with Crippen LogP contribution in [0.5, 0.6) is 0 Å². The Labute approximate surface area is 108 Å². The SMILES string of the molecule is CCc1nsc(Sc2ccc(C(C)=O)nc2)n1. The lowest BCUT2D eigenvalue weighted by molar-refractivity contribution is 0.101. The second kappa shape index (κ2) is 5.37. The molecule has 0 fully saturated rings. The summed E-state index contributed by atoms with van der Waals surface area (Å²) in [4.78, 5) is 20.5. The van der Waals surface area contributed by atoms with Crippen LogP contribution in [0.1, 0.15) is 30.2 Å². The molecule has 0 bridgehead atoms. The van der Waals surface area contributed by atoms with Crippen LogP contribution in [0.25, 0.3) is 0 Å². The Morgan fingerprint density at radius 1 is 1.47 bits per heavy atom. The highest BCUT2D eigenvalue weighted by atomic mass is 32.2. The van der Waals surface area contributed by atoms with Crippen LogP contribution in [-0.4, -0.2) is 20.1 Å². The van der Waals surface area contributed by atoms with E-state index in [-0.39, 0.29) is 5.78 Å². The van der Waals surface area contributed by atoms with Gasteiger partial charge in [-0.1, -0.05) is 18.7 Å². The van der Waals surface area contributed by atoms with Gasteiger partial charge in [0.05, 0.1) is 0 Å². The van der Waals surface area contributed by atoms with E-state index in [1.807, 2.05) is 13.0 Å². The molecule has 0 saturated heterocycles. The number of carbonyl (C=O) groups is 1. The minimum absolute atomic E-state index is 0.0225. The lowest BCUT2D eigenvalue weighted by Crippen LogP contribution is -1.95. The first-order valence-electron chi connectivity index (χ1n) is 5.16. The van der Waals surface area contributed by atoms with E-state index in [4.69, 9.17) is 0 Å². The smallest absolute Gasteiger partial charge is 0.178 e. The third-order valence-corrected chi connectivity index (χ3v) is 3.83. The number of hydrogen-bond donors (Lipinski definition) is 0. The Morgan fingerprint density at radius 2 is 2.29 bits per heavy atom. The van der Waals surface area contributed by atoms with Gasteiger partial charge in [0, 0.05) is 24.4 Å². The Bertz CT molecular complexity index is 522. The molecule has 88 valence electrons. The lowest BCUT2D eigenvalue weighted by Gasteiger charge is -1.97. The van der Waals surface area contributed by atoms with E-state index in [1.165, 1.54) is 30.2 Å². The molecular formula is C11H11N3OS2. The van der Waals surface area contributed by atoms with Crippen LogP contribution < -0.4 is 0 Å². The van der Waals surface area contributed by atoms with Gasteiger partial charge in [-0.3, -0.25) is 9.78 Å². The zero-order valence-electron chi connectivity index (χ0n) is 9.51. The molecule has 2 rings (SSSR count). The molecule has 0 atom stereocenters. The van der Waals surface area contributed by atoms with Gasteiger partial charge in [-0.25, -0.2) is 4.98 Å². The van der Waals surface area contributed by atoms with Gasteiger partial charge in [0.25, 0.3) is 0 Å². The third-order valence-electron chi connectivity index (χ3n) is 2.07. The number of Topliss-reactive ketones (excluding diaryl/α,β-unsaturated/α-hetero) is 1. The molecule has 0 aliphatic heterocycles. The molecule has 0 aromatic carbocycles. The molecule has 0 spiro atoms. The number of hydrogen-bond acceptors (Lipinski definition) is 6. The second-order valence-corrected chi connectivity index (χ2v) is 5.44. The minimum atomic E-state index is -0.0225. The van der Waals surface area contributed by atoms with Crippen molar-refractivity contribution in [1.29, 1.82) is 0 Å². The summed E-state index contributed by atoms with van der Waals surface area (Å²) in [6, 6.07) is 3.61. The summed E-state index contributed by atoms with van der Waals surface area (Å²) >= 11 is 2.90. The van der Waals surface area contributed by atoms with Crippen molar-refractivity contribution in [3.05, 3.63) is 29.8 Å². The Balaban J connectivity index is 2.10. The quantitative estimate of drug-likeness (QED) is 0.796. The monoisotopic (exact) mass is 265 g/mol. The summed E-state index contributed by atoms with van der Waals surface area (Å²) in [5.41, 5.74) is 0.487. The summed E-state index contributed by atoms with van der Waals surface area (Å²) < 4.78 is 5.11. The van der Waals surface area contributed by atoms with E-state index < -0.39 is 0 Å². The van der Waals surface area contributed by atoms with Gasteiger partial charge in [0.1, 0.15) is 11.5 Å².